The molecule has 0 heterocycles. The topological polar surface area (TPSA) is 26.0 Å². The molecule has 0 radical (unpaired) electrons. The molecule has 0 aliphatic heterocycles. The smallest absolute Gasteiger partial charge is 0.260 e. The van der Waals surface area contributed by atoms with E-state index in [9.17, 15) is 8.78 Å². The zero-order valence-electron chi connectivity index (χ0n) is 8.76. The van der Waals surface area contributed by atoms with Gasteiger partial charge in [0.25, 0.3) is 5.92 Å². The van der Waals surface area contributed by atoms with Crippen LogP contribution < -0.4 is 5.73 Å². The molecular formula is C12H15F2N. The fourth-order valence-electron chi connectivity index (χ4n) is 2.08. The number of hydrogen-bond donors (Lipinski definition) is 1. The number of nitrogens with two attached hydrogens (primary N) is 1. The van der Waals surface area contributed by atoms with Crippen LogP contribution in [0.4, 0.5) is 8.78 Å². The van der Waals surface area contributed by atoms with Crippen LogP contribution in [0.2, 0.25) is 0 Å². The zero-order valence-corrected chi connectivity index (χ0v) is 8.76. The van der Waals surface area contributed by atoms with E-state index in [4.69, 9.17) is 5.73 Å². The minimum atomic E-state index is -2.62. The van der Waals surface area contributed by atoms with Crippen molar-refractivity contribution >= 4 is 0 Å². The average Bonchev–Trinajstić information content (AvgIpc) is 2.82. The lowest BCUT2D eigenvalue weighted by Gasteiger charge is -2.15. The van der Waals surface area contributed by atoms with Crippen LogP contribution >= 0.6 is 0 Å². The highest BCUT2D eigenvalue weighted by Crippen LogP contribution is 2.60. The van der Waals surface area contributed by atoms with Gasteiger partial charge in [0.2, 0.25) is 0 Å². The van der Waals surface area contributed by atoms with Crippen LogP contribution in [0.3, 0.4) is 0 Å². The molecule has 1 aliphatic rings. The van der Waals surface area contributed by atoms with Gasteiger partial charge in [0.05, 0.1) is 5.41 Å². The molecule has 1 saturated carbocycles. The molecule has 0 aromatic heterocycles. The maximum Gasteiger partial charge on any atom is 0.260 e. The Labute approximate surface area is 88.3 Å². The molecule has 1 aliphatic carbocycles. The van der Waals surface area contributed by atoms with Gasteiger partial charge in [-0.2, -0.15) is 0 Å². The SMILES string of the molecule is CCc1cccc(C2(CN)CC2(F)F)c1. The number of benzene rings is 1. The van der Waals surface area contributed by atoms with Crippen molar-refractivity contribution in [2.24, 2.45) is 5.73 Å². The van der Waals surface area contributed by atoms with Gasteiger partial charge in [0.1, 0.15) is 0 Å². The van der Waals surface area contributed by atoms with Gasteiger partial charge in [-0.3, -0.25) is 0 Å². The maximum absolute atomic E-state index is 13.3. The summed E-state index contributed by atoms with van der Waals surface area (Å²) in [5.74, 6) is -2.62. The maximum atomic E-state index is 13.3. The molecule has 1 nitrogen and oxygen atoms in total. The number of halogens is 2. The van der Waals surface area contributed by atoms with E-state index in [1.54, 1.807) is 6.07 Å². The summed E-state index contributed by atoms with van der Waals surface area (Å²) in [7, 11) is 0. The molecule has 1 atom stereocenters. The third kappa shape index (κ3) is 1.46. The first-order chi connectivity index (χ1) is 7.05. The molecule has 1 fully saturated rings. The average molecular weight is 211 g/mol. The first-order valence-electron chi connectivity index (χ1n) is 5.23. The van der Waals surface area contributed by atoms with Crippen molar-refractivity contribution in [3.8, 4) is 0 Å². The van der Waals surface area contributed by atoms with Crippen molar-refractivity contribution in [2.75, 3.05) is 6.54 Å². The molecule has 2 rings (SSSR count). The Morgan fingerprint density at radius 2 is 2.07 bits per heavy atom. The summed E-state index contributed by atoms with van der Waals surface area (Å²) in [6, 6.07) is 7.40. The summed E-state index contributed by atoms with van der Waals surface area (Å²) in [6.45, 7) is 2.03. The van der Waals surface area contributed by atoms with E-state index >= 15 is 0 Å². The number of hydrogen-bond acceptors (Lipinski definition) is 1. The Bertz CT molecular complexity index is 376. The van der Waals surface area contributed by atoms with E-state index in [0.717, 1.165) is 12.0 Å². The van der Waals surface area contributed by atoms with E-state index in [-0.39, 0.29) is 13.0 Å². The Morgan fingerprint density at radius 1 is 1.40 bits per heavy atom. The highest BCUT2D eigenvalue weighted by Gasteiger charge is 2.71. The molecule has 0 spiro atoms. The Balaban J connectivity index is 2.37. The van der Waals surface area contributed by atoms with Crippen molar-refractivity contribution < 1.29 is 8.78 Å². The van der Waals surface area contributed by atoms with Crippen molar-refractivity contribution in [2.45, 2.75) is 31.1 Å². The molecule has 1 unspecified atom stereocenters. The Hall–Kier alpha value is -0.960. The Kier molecular flexibility index (Phi) is 2.30. The lowest BCUT2D eigenvalue weighted by molar-refractivity contribution is 0.0896. The van der Waals surface area contributed by atoms with Crippen LogP contribution in [0, 0.1) is 0 Å². The van der Waals surface area contributed by atoms with Gasteiger partial charge in [0.15, 0.2) is 0 Å². The lowest BCUT2D eigenvalue weighted by Crippen LogP contribution is -2.26. The molecule has 82 valence electrons. The van der Waals surface area contributed by atoms with E-state index < -0.39 is 11.3 Å². The first kappa shape index (κ1) is 10.6. The molecule has 0 saturated heterocycles. The van der Waals surface area contributed by atoms with Gasteiger partial charge in [-0.15, -0.1) is 0 Å². The molecular weight excluding hydrogens is 196 g/mol. The number of rotatable bonds is 3. The van der Waals surface area contributed by atoms with E-state index in [2.05, 4.69) is 0 Å². The fourth-order valence-corrected chi connectivity index (χ4v) is 2.08. The monoisotopic (exact) mass is 211 g/mol. The fraction of sp³-hybridized carbons (Fsp3) is 0.500. The number of aryl methyl sites for hydroxylation is 1. The highest BCUT2D eigenvalue weighted by molar-refractivity contribution is 5.40. The predicted octanol–water partition coefficient (Wildman–Crippen LogP) is 2.48. The second kappa shape index (κ2) is 3.27. The van der Waals surface area contributed by atoms with Crippen LogP contribution in [-0.2, 0) is 11.8 Å². The summed E-state index contributed by atoms with van der Waals surface area (Å²) < 4.78 is 26.6. The van der Waals surface area contributed by atoms with E-state index in [1.165, 1.54) is 0 Å². The second-order valence-electron chi connectivity index (χ2n) is 4.22. The third-order valence-electron chi connectivity index (χ3n) is 3.34. The van der Waals surface area contributed by atoms with E-state index in [0.29, 0.717) is 5.56 Å². The zero-order chi connectivity index (χ0) is 11.1. The molecule has 1 aromatic carbocycles. The quantitative estimate of drug-likeness (QED) is 0.816. The van der Waals surface area contributed by atoms with Crippen molar-refractivity contribution in [3.63, 3.8) is 0 Å². The molecule has 0 amide bonds. The first-order valence-corrected chi connectivity index (χ1v) is 5.23. The van der Waals surface area contributed by atoms with Crippen LogP contribution in [-0.4, -0.2) is 12.5 Å². The molecule has 1 aromatic rings. The lowest BCUT2D eigenvalue weighted by atomic mass is 9.93. The van der Waals surface area contributed by atoms with Crippen LogP contribution in [0.15, 0.2) is 24.3 Å². The van der Waals surface area contributed by atoms with Gasteiger partial charge in [-0.25, -0.2) is 8.78 Å². The summed E-state index contributed by atoms with van der Waals surface area (Å²) in [4.78, 5) is 0. The molecule has 2 N–H and O–H groups in total. The molecule has 3 heteroatoms. The van der Waals surface area contributed by atoms with E-state index in [1.807, 2.05) is 25.1 Å². The van der Waals surface area contributed by atoms with Gasteiger partial charge in [0, 0.05) is 13.0 Å². The van der Waals surface area contributed by atoms with Crippen molar-refractivity contribution in [1.82, 2.24) is 0 Å². The van der Waals surface area contributed by atoms with Crippen LogP contribution in [0.25, 0.3) is 0 Å². The van der Waals surface area contributed by atoms with Gasteiger partial charge < -0.3 is 5.73 Å². The van der Waals surface area contributed by atoms with Crippen LogP contribution in [0.1, 0.15) is 24.5 Å². The van der Waals surface area contributed by atoms with Crippen molar-refractivity contribution in [3.05, 3.63) is 35.4 Å². The predicted molar refractivity (Wildman–Crippen MR) is 56.1 cm³/mol. The normalized spacial score (nSPS) is 27.7. The Morgan fingerprint density at radius 3 is 2.53 bits per heavy atom. The second-order valence-corrected chi connectivity index (χ2v) is 4.22. The van der Waals surface area contributed by atoms with Gasteiger partial charge >= 0.3 is 0 Å². The minimum Gasteiger partial charge on any atom is -0.329 e. The number of alkyl halides is 2. The summed E-state index contributed by atoms with van der Waals surface area (Å²) in [5, 5.41) is 0. The highest BCUT2D eigenvalue weighted by atomic mass is 19.3. The largest absolute Gasteiger partial charge is 0.329 e. The van der Waals surface area contributed by atoms with Gasteiger partial charge in [-0.1, -0.05) is 31.2 Å². The van der Waals surface area contributed by atoms with Crippen molar-refractivity contribution in [1.29, 1.82) is 0 Å². The minimum absolute atomic E-state index is 0.0210. The summed E-state index contributed by atoms with van der Waals surface area (Å²) in [5.41, 5.74) is 6.18. The summed E-state index contributed by atoms with van der Waals surface area (Å²) in [6.07, 6.45) is 0.754. The van der Waals surface area contributed by atoms with Crippen LogP contribution in [0.5, 0.6) is 0 Å². The standard InChI is InChI=1S/C12H15F2N/c1-2-9-4-3-5-10(6-9)11(8-15)7-12(11,13)14/h3-6H,2,7-8,15H2,1H3. The summed E-state index contributed by atoms with van der Waals surface area (Å²) >= 11 is 0. The molecule has 0 bridgehead atoms. The molecule has 15 heavy (non-hydrogen) atoms. The third-order valence-corrected chi connectivity index (χ3v) is 3.34. The van der Waals surface area contributed by atoms with Gasteiger partial charge in [-0.05, 0) is 17.5 Å².